The van der Waals surface area contributed by atoms with Gasteiger partial charge in [0.1, 0.15) is 17.5 Å². The second kappa shape index (κ2) is 7.42. The van der Waals surface area contributed by atoms with E-state index in [9.17, 15) is 13.5 Å². The first-order valence-corrected chi connectivity index (χ1v) is 9.81. The number of halogens is 1. The first-order chi connectivity index (χ1) is 12.8. The number of nitrogens with zero attached hydrogens (tertiary/aromatic N) is 3. The summed E-state index contributed by atoms with van der Waals surface area (Å²) in [5.41, 5.74) is 4.59. The predicted octanol–water partition coefficient (Wildman–Crippen LogP) is 0.748. The molecule has 2 atom stereocenters. The van der Waals surface area contributed by atoms with Crippen molar-refractivity contribution in [2.75, 3.05) is 19.6 Å². The Labute approximate surface area is 161 Å². The number of pyridine rings is 1. The molecule has 27 heavy (non-hydrogen) atoms. The van der Waals surface area contributed by atoms with Crippen LogP contribution in [0.4, 0.5) is 0 Å². The van der Waals surface area contributed by atoms with Crippen molar-refractivity contribution in [3.8, 4) is 11.8 Å². The van der Waals surface area contributed by atoms with Gasteiger partial charge in [-0.05, 0) is 36.4 Å². The number of nitrogens with two attached hydrogens (primary N) is 1. The van der Waals surface area contributed by atoms with Crippen molar-refractivity contribution in [3.05, 3.63) is 53.2 Å². The van der Waals surface area contributed by atoms with Crippen molar-refractivity contribution >= 4 is 21.6 Å². The van der Waals surface area contributed by atoms with Gasteiger partial charge in [0.05, 0.1) is 23.2 Å². The highest BCUT2D eigenvalue weighted by Gasteiger charge is 2.50. The van der Waals surface area contributed by atoms with Gasteiger partial charge in [0, 0.05) is 19.3 Å². The van der Waals surface area contributed by atoms with Gasteiger partial charge < -0.3 is 15.6 Å². The van der Waals surface area contributed by atoms with E-state index in [0.717, 1.165) is 4.31 Å². The van der Waals surface area contributed by atoms with Crippen molar-refractivity contribution in [1.29, 1.82) is 5.26 Å². The fraction of sp³-hybridized carbons (Fsp3) is 0.294. The van der Waals surface area contributed by atoms with Crippen LogP contribution in [0.25, 0.3) is 0 Å². The minimum Gasteiger partial charge on any atom is -0.486 e. The molecular formula is C17H17ClN4O4S. The van der Waals surface area contributed by atoms with Gasteiger partial charge in [-0.15, -0.1) is 0 Å². The monoisotopic (exact) mass is 408 g/mol. The van der Waals surface area contributed by atoms with Crippen molar-refractivity contribution in [1.82, 2.24) is 9.29 Å². The molecule has 8 nitrogen and oxygen atoms in total. The average molecular weight is 409 g/mol. The number of ether oxygens (including phenoxy) is 1. The van der Waals surface area contributed by atoms with E-state index in [0.29, 0.717) is 16.3 Å². The Morgan fingerprint density at radius 2 is 2.07 bits per heavy atom. The third kappa shape index (κ3) is 3.90. The minimum atomic E-state index is -3.95. The van der Waals surface area contributed by atoms with E-state index in [1.54, 1.807) is 24.3 Å². The molecule has 0 aliphatic carbocycles. The van der Waals surface area contributed by atoms with Crippen molar-refractivity contribution in [2.45, 2.75) is 16.7 Å². The van der Waals surface area contributed by atoms with Crippen LogP contribution in [-0.4, -0.2) is 54.2 Å². The second-order valence-corrected chi connectivity index (χ2v) is 8.48. The van der Waals surface area contributed by atoms with Crippen molar-refractivity contribution in [3.63, 3.8) is 0 Å². The first kappa shape index (κ1) is 19.5. The summed E-state index contributed by atoms with van der Waals surface area (Å²) in [5, 5.41) is 19.8. The van der Waals surface area contributed by atoms with Crippen LogP contribution in [0.2, 0.25) is 5.02 Å². The summed E-state index contributed by atoms with van der Waals surface area (Å²) in [6.07, 6.45) is 0.363. The Bertz CT molecular complexity index is 960. The molecule has 1 aliphatic heterocycles. The Balaban J connectivity index is 1.84. The number of β-amino-alcohol motifs (C(OH)–C–C–N with tert-alkyl or cyclic N) is 1. The predicted molar refractivity (Wildman–Crippen MR) is 97.6 cm³/mol. The number of hydrogen-bond donors (Lipinski definition) is 2. The van der Waals surface area contributed by atoms with Crippen molar-refractivity contribution < 1.29 is 18.3 Å². The Hall–Kier alpha value is -2.22. The third-order valence-electron chi connectivity index (χ3n) is 4.34. The molecule has 1 aromatic carbocycles. The van der Waals surface area contributed by atoms with Crippen LogP contribution < -0.4 is 10.5 Å². The minimum absolute atomic E-state index is 0.0969. The number of aromatic nitrogens is 1. The standard InChI is InChI=1S/C17H17ClN4O4S/c18-13-3-6-16(21-8-13)27(24,25)22-9-15(17(23,10-20)11-22)26-14-4-1-12(7-19)2-5-14/h1-6,8,15,23H,9-11,20H2/t15-,17+/m0/s1. The fourth-order valence-corrected chi connectivity index (χ4v) is 4.30. The van der Waals surface area contributed by atoms with E-state index in [4.69, 9.17) is 27.3 Å². The summed E-state index contributed by atoms with van der Waals surface area (Å²) in [5.74, 6) is 0.398. The van der Waals surface area contributed by atoms with E-state index >= 15 is 0 Å². The molecule has 2 aromatic rings. The molecule has 1 fully saturated rings. The fourth-order valence-electron chi connectivity index (χ4n) is 2.77. The molecule has 1 saturated heterocycles. The molecule has 1 aliphatic rings. The van der Waals surface area contributed by atoms with Crippen molar-refractivity contribution in [2.24, 2.45) is 5.73 Å². The van der Waals surface area contributed by atoms with Gasteiger partial charge >= 0.3 is 0 Å². The zero-order chi connectivity index (χ0) is 19.7. The number of hydrogen-bond acceptors (Lipinski definition) is 7. The molecule has 10 heteroatoms. The molecule has 0 unspecified atom stereocenters. The van der Waals surface area contributed by atoms with Crippen LogP contribution in [0.3, 0.4) is 0 Å². The SMILES string of the molecule is N#Cc1ccc(O[C@H]2CN(S(=O)(=O)c3ccc(Cl)cn3)C[C@]2(O)CN)cc1. The third-order valence-corrected chi connectivity index (χ3v) is 6.29. The van der Waals surface area contributed by atoms with Gasteiger partial charge in [-0.3, -0.25) is 0 Å². The Morgan fingerprint density at radius 1 is 1.37 bits per heavy atom. The summed E-state index contributed by atoms with van der Waals surface area (Å²) in [7, 11) is -3.95. The van der Waals surface area contributed by atoms with E-state index < -0.39 is 21.7 Å². The molecule has 142 valence electrons. The van der Waals surface area contributed by atoms with Crippen LogP contribution in [0, 0.1) is 11.3 Å². The largest absolute Gasteiger partial charge is 0.486 e. The second-order valence-electron chi connectivity index (χ2n) is 6.16. The first-order valence-electron chi connectivity index (χ1n) is 7.99. The van der Waals surface area contributed by atoms with E-state index in [1.165, 1.54) is 18.3 Å². The number of sulfonamides is 1. The molecule has 0 bridgehead atoms. The van der Waals surface area contributed by atoms with E-state index in [2.05, 4.69) is 4.98 Å². The van der Waals surface area contributed by atoms with Crippen LogP contribution in [0.5, 0.6) is 5.75 Å². The van der Waals surface area contributed by atoms with Crippen LogP contribution in [-0.2, 0) is 10.0 Å². The Morgan fingerprint density at radius 3 is 2.63 bits per heavy atom. The highest BCUT2D eigenvalue weighted by atomic mass is 35.5. The number of rotatable bonds is 5. The lowest BCUT2D eigenvalue weighted by Gasteiger charge is -2.27. The average Bonchev–Trinajstić information content (AvgIpc) is 3.01. The van der Waals surface area contributed by atoms with Gasteiger partial charge in [0.15, 0.2) is 5.03 Å². The van der Waals surface area contributed by atoms with Gasteiger partial charge in [-0.2, -0.15) is 9.57 Å². The zero-order valence-corrected chi connectivity index (χ0v) is 15.7. The molecule has 0 radical (unpaired) electrons. The van der Waals surface area contributed by atoms with E-state index in [-0.39, 0.29) is 24.7 Å². The summed E-state index contributed by atoms with van der Waals surface area (Å²) in [6, 6.07) is 11.0. The lowest BCUT2D eigenvalue weighted by molar-refractivity contribution is -0.0199. The van der Waals surface area contributed by atoms with Gasteiger partial charge in [-0.1, -0.05) is 11.6 Å². The van der Waals surface area contributed by atoms with Crippen LogP contribution in [0.1, 0.15) is 5.56 Å². The highest BCUT2D eigenvalue weighted by Crippen LogP contribution is 2.30. The normalized spacial score (nSPS) is 23.1. The lowest BCUT2D eigenvalue weighted by atomic mass is 10.0. The number of nitriles is 1. The quantitative estimate of drug-likeness (QED) is 0.746. The molecule has 2 heterocycles. The smallest absolute Gasteiger partial charge is 0.260 e. The van der Waals surface area contributed by atoms with E-state index in [1.807, 2.05) is 6.07 Å². The topological polar surface area (TPSA) is 130 Å². The summed E-state index contributed by atoms with van der Waals surface area (Å²) in [4.78, 5) is 3.85. The van der Waals surface area contributed by atoms with Crippen LogP contribution in [0.15, 0.2) is 47.6 Å². The van der Waals surface area contributed by atoms with Gasteiger partial charge in [-0.25, -0.2) is 13.4 Å². The summed E-state index contributed by atoms with van der Waals surface area (Å²) in [6.45, 7) is -0.508. The molecule has 3 rings (SSSR count). The van der Waals surface area contributed by atoms with Crippen LogP contribution >= 0.6 is 11.6 Å². The number of aliphatic hydroxyl groups is 1. The molecule has 0 saturated carbocycles. The molecule has 1 aromatic heterocycles. The Kier molecular flexibility index (Phi) is 5.37. The molecule has 3 N–H and O–H groups in total. The maximum Gasteiger partial charge on any atom is 0.260 e. The zero-order valence-electron chi connectivity index (χ0n) is 14.1. The maximum absolute atomic E-state index is 12.8. The molecule has 0 spiro atoms. The molecular weight excluding hydrogens is 392 g/mol. The highest BCUT2D eigenvalue weighted by molar-refractivity contribution is 7.89. The maximum atomic E-state index is 12.8. The molecule has 0 amide bonds. The number of benzene rings is 1. The lowest BCUT2D eigenvalue weighted by Crippen LogP contribution is -2.50. The van der Waals surface area contributed by atoms with Gasteiger partial charge in [0.25, 0.3) is 10.0 Å². The summed E-state index contributed by atoms with van der Waals surface area (Å²) < 4.78 is 32.5. The van der Waals surface area contributed by atoms with Gasteiger partial charge in [0.2, 0.25) is 0 Å². The summed E-state index contributed by atoms with van der Waals surface area (Å²) >= 11 is 5.76.